The molecule has 1 amide bonds. The van der Waals surface area contributed by atoms with Gasteiger partial charge < -0.3 is 14.1 Å². The molecule has 0 saturated heterocycles. The van der Waals surface area contributed by atoms with Gasteiger partial charge in [-0.3, -0.25) is 5.32 Å². The molecule has 27 heavy (non-hydrogen) atoms. The number of fused-ring (bicyclic) bond motifs is 1. The number of amides is 1. The van der Waals surface area contributed by atoms with Crippen molar-refractivity contribution < 1.29 is 13.9 Å². The van der Waals surface area contributed by atoms with Crippen molar-refractivity contribution in [2.24, 2.45) is 5.92 Å². The van der Waals surface area contributed by atoms with E-state index in [-0.39, 0.29) is 5.63 Å². The van der Waals surface area contributed by atoms with E-state index >= 15 is 0 Å². The standard InChI is InChI=1S/C21H28N2O4/c1-3-26-21(25)22-17-9-10-18-16(11-20(24)27-19(18)12-17)14-23(2)13-15-7-5-4-6-8-15/h9-12,15H,3-8,13-14H2,1-2H3,(H,22,25). The predicted molar refractivity (Wildman–Crippen MR) is 106 cm³/mol. The van der Waals surface area contributed by atoms with Crippen molar-refractivity contribution >= 4 is 22.7 Å². The highest BCUT2D eigenvalue weighted by Gasteiger charge is 2.16. The molecule has 0 atom stereocenters. The number of ether oxygens (including phenoxy) is 1. The first-order chi connectivity index (χ1) is 13.0. The number of carbonyl (C=O) groups excluding carboxylic acids is 1. The molecule has 1 aliphatic carbocycles. The van der Waals surface area contributed by atoms with E-state index in [4.69, 9.17) is 9.15 Å². The van der Waals surface area contributed by atoms with Gasteiger partial charge in [-0.05, 0) is 50.4 Å². The fourth-order valence-corrected chi connectivity index (χ4v) is 3.89. The molecule has 3 rings (SSSR count). The smallest absolute Gasteiger partial charge is 0.411 e. The summed E-state index contributed by atoms with van der Waals surface area (Å²) in [7, 11) is 2.10. The molecule has 0 bridgehead atoms. The molecule has 6 heteroatoms. The predicted octanol–water partition coefficient (Wildman–Crippen LogP) is 4.37. The summed E-state index contributed by atoms with van der Waals surface area (Å²) in [5.74, 6) is 0.746. The van der Waals surface area contributed by atoms with E-state index in [0.29, 0.717) is 24.4 Å². The normalized spacial score (nSPS) is 15.2. The Kier molecular flexibility index (Phi) is 6.50. The molecule has 0 spiro atoms. The van der Waals surface area contributed by atoms with Crippen molar-refractivity contribution in [2.75, 3.05) is 25.5 Å². The van der Waals surface area contributed by atoms with Gasteiger partial charge in [-0.25, -0.2) is 9.59 Å². The van der Waals surface area contributed by atoms with Crippen LogP contribution in [0.5, 0.6) is 0 Å². The summed E-state index contributed by atoms with van der Waals surface area (Å²) in [5.41, 5.74) is 1.58. The van der Waals surface area contributed by atoms with Crippen molar-refractivity contribution in [3.8, 4) is 0 Å². The monoisotopic (exact) mass is 372 g/mol. The Morgan fingerprint density at radius 3 is 2.78 bits per heavy atom. The number of benzene rings is 1. The van der Waals surface area contributed by atoms with E-state index in [2.05, 4.69) is 17.3 Å². The van der Waals surface area contributed by atoms with Crippen LogP contribution in [-0.4, -0.2) is 31.2 Å². The summed E-state index contributed by atoms with van der Waals surface area (Å²) in [6, 6.07) is 6.91. The minimum absolute atomic E-state index is 0.298. The number of hydrogen-bond donors (Lipinski definition) is 1. The highest BCUT2D eigenvalue weighted by molar-refractivity contribution is 5.89. The van der Waals surface area contributed by atoms with Gasteiger partial charge in [0.1, 0.15) is 5.58 Å². The van der Waals surface area contributed by atoms with Crippen molar-refractivity contribution in [1.29, 1.82) is 0 Å². The lowest BCUT2D eigenvalue weighted by Crippen LogP contribution is -2.27. The van der Waals surface area contributed by atoms with Crippen LogP contribution < -0.4 is 10.9 Å². The zero-order chi connectivity index (χ0) is 19.2. The van der Waals surface area contributed by atoms with E-state index in [1.54, 1.807) is 25.1 Å². The summed E-state index contributed by atoms with van der Waals surface area (Å²) in [5, 5.41) is 3.52. The SMILES string of the molecule is CCOC(=O)Nc1ccc2c(CN(C)CC3CCCCC3)cc(=O)oc2c1. The van der Waals surface area contributed by atoms with E-state index < -0.39 is 6.09 Å². The van der Waals surface area contributed by atoms with Crippen LogP contribution in [0, 0.1) is 5.92 Å². The highest BCUT2D eigenvalue weighted by Crippen LogP contribution is 2.26. The molecule has 6 nitrogen and oxygen atoms in total. The number of anilines is 1. The number of hydrogen-bond acceptors (Lipinski definition) is 5. The van der Waals surface area contributed by atoms with Gasteiger partial charge in [-0.15, -0.1) is 0 Å². The molecule has 0 unspecified atom stereocenters. The van der Waals surface area contributed by atoms with Gasteiger partial charge in [0.2, 0.25) is 0 Å². The summed E-state index contributed by atoms with van der Waals surface area (Å²) in [6.07, 6.45) is 6.07. The molecule has 1 saturated carbocycles. The molecule has 1 aliphatic rings. The molecule has 1 N–H and O–H groups in total. The van der Waals surface area contributed by atoms with Gasteiger partial charge in [0.25, 0.3) is 0 Å². The second-order valence-electron chi connectivity index (χ2n) is 7.35. The first-order valence-corrected chi connectivity index (χ1v) is 9.74. The average Bonchev–Trinajstić information content (AvgIpc) is 2.62. The van der Waals surface area contributed by atoms with E-state index in [0.717, 1.165) is 23.4 Å². The molecular weight excluding hydrogens is 344 g/mol. The van der Waals surface area contributed by atoms with Gasteiger partial charge >= 0.3 is 11.7 Å². The Hall–Kier alpha value is -2.34. The van der Waals surface area contributed by atoms with Crippen molar-refractivity contribution in [3.05, 3.63) is 40.2 Å². The van der Waals surface area contributed by atoms with Crippen LogP contribution in [0.25, 0.3) is 11.0 Å². The third kappa shape index (κ3) is 5.32. The van der Waals surface area contributed by atoms with Crippen LogP contribution in [0.4, 0.5) is 10.5 Å². The maximum absolute atomic E-state index is 12.0. The maximum Gasteiger partial charge on any atom is 0.411 e. The molecule has 1 fully saturated rings. The minimum atomic E-state index is -0.525. The van der Waals surface area contributed by atoms with Crippen molar-refractivity contribution in [3.63, 3.8) is 0 Å². The maximum atomic E-state index is 12.0. The molecule has 2 aromatic rings. The molecule has 1 heterocycles. The Morgan fingerprint density at radius 2 is 2.04 bits per heavy atom. The summed E-state index contributed by atoms with van der Waals surface area (Å²) >= 11 is 0. The third-order valence-electron chi connectivity index (χ3n) is 5.09. The molecule has 1 aromatic heterocycles. The van der Waals surface area contributed by atoms with Crippen LogP contribution in [0.1, 0.15) is 44.6 Å². The van der Waals surface area contributed by atoms with E-state index in [9.17, 15) is 9.59 Å². The van der Waals surface area contributed by atoms with Crippen LogP contribution in [0.15, 0.2) is 33.5 Å². The minimum Gasteiger partial charge on any atom is -0.450 e. The quantitative estimate of drug-likeness (QED) is 0.762. The van der Waals surface area contributed by atoms with Crippen LogP contribution >= 0.6 is 0 Å². The van der Waals surface area contributed by atoms with Gasteiger partial charge in [0.05, 0.1) is 6.61 Å². The summed E-state index contributed by atoms with van der Waals surface area (Å²) < 4.78 is 10.2. The van der Waals surface area contributed by atoms with E-state index in [1.807, 2.05) is 6.07 Å². The highest BCUT2D eigenvalue weighted by atomic mass is 16.5. The number of nitrogens with zero attached hydrogens (tertiary/aromatic N) is 1. The fraction of sp³-hybridized carbons (Fsp3) is 0.524. The zero-order valence-electron chi connectivity index (χ0n) is 16.1. The lowest BCUT2D eigenvalue weighted by Gasteiger charge is -2.27. The Bertz CT molecular complexity index is 840. The van der Waals surface area contributed by atoms with Gasteiger partial charge in [-0.2, -0.15) is 0 Å². The lowest BCUT2D eigenvalue weighted by atomic mass is 9.89. The third-order valence-corrected chi connectivity index (χ3v) is 5.09. The largest absolute Gasteiger partial charge is 0.450 e. The molecule has 0 radical (unpaired) electrons. The summed E-state index contributed by atoms with van der Waals surface area (Å²) in [4.78, 5) is 25.9. The van der Waals surface area contributed by atoms with Crippen LogP contribution in [-0.2, 0) is 11.3 Å². The first kappa shape index (κ1) is 19.4. The number of carbonyl (C=O) groups is 1. The van der Waals surface area contributed by atoms with Crippen molar-refractivity contribution in [2.45, 2.75) is 45.6 Å². The van der Waals surface area contributed by atoms with Crippen molar-refractivity contribution in [1.82, 2.24) is 4.90 Å². The lowest BCUT2D eigenvalue weighted by molar-refractivity contribution is 0.168. The molecule has 146 valence electrons. The van der Waals surface area contributed by atoms with Gasteiger partial charge in [0.15, 0.2) is 0 Å². The topological polar surface area (TPSA) is 71.8 Å². The Morgan fingerprint density at radius 1 is 1.26 bits per heavy atom. The van der Waals surface area contributed by atoms with Crippen LogP contribution in [0.3, 0.4) is 0 Å². The van der Waals surface area contributed by atoms with Gasteiger partial charge in [0, 0.05) is 36.3 Å². The average molecular weight is 372 g/mol. The number of rotatable bonds is 6. The van der Waals surface area contributed by atoms with Crippen LogP contribution in [0.2, 0.25) is 0 Å². The van der Waals surface area contributed by atoms with E-state index in [1.165, 1.54) is 32.1 Å². The Labute approximate surface area is 159 Å². The fourth-order valence-electron chi connectivity index (χ4n) is 3.89. The first-order valence-electron chi connectivity index (χ1n) is 9.74. The molecular formula is C21H28N2O4. The second-order valence-corrected chi connectivity index (χ2v) is 7.35. The van der Waals surface area contributed by atoms with Gasteiger partial charge in [-0.1, -0.05) is 19.3 Å². The Balaban J connectivity index is 1.76. The molecule has 0 aliphatic heterocycles. The second kappa shape index (κ2) is 9.04. The molecule has 1 aromatic carbocycles. The number of nitrogens with one attached hydrogen (secondary N) is 1. The zero-order valence-corrected chi connectivity index (χ0v) is 16.1. The summed E-state index contributed by atoms with van der Waals surface area (Å²) in [6.45, 7) is 3.79.